The Morgan fingerprint density at radius 1 is 1.25 bits per heavy atom. The van der Waals surface area contributed by atoms with Gasteiger partial charge in [0, 0.05) is 18.3 Å². The number of benzene rings is 1. The summed E-state index contributed by atoms with van der Waals surface area (Å²) in [6.45, 7) is 5.72. The summed E-state index contributed by atoms with van der Waals surface area (Å²) in [6.07, 6.45) is 0. The van der Waals surface area contributed by atoms with Gasteiger partial charge in [0.1, 0.15) is 5.82 Å². The Bertz CT molecular complexity index is 368. The summed E-state index contributed by atoms with van der Waals surface area (Å²) in [5.41, 5.74) is 0.369. The van der Waals surface area contributed by atoms with Crippen LogP contribution in [0.1, 0.15) is 20.8 Å². The SMILES string of the molecule is CN(C(=O)NC(C)(C)C)c1ccc(F)cc1. The van der Waals surface area contributed by atoms with Gasteiger partial charge >= 0.3 is 6.03 Å². The topological polar surface area (TPSA) is 32.3 Å². The summed E-state index contributed by atoms with van der Waals surface area (Å²) in [5.74, 6) is -0.312. The van der Waals surface area contributed by atoms with Crippen LogP contribution in [0.15, 0.2) is 24.3 Å². The molecule has 0 heterocycles. The maximum Gasteiger partial charge on any atom is 0.322 e. The highest BCUT2D eigenvalue weighted by molar-refractivity contribution is 5.91. The van der Waals surface area contributed by atoms with Gasteiger partial charge in [-0.15, -0.1) is 0 Å². The van der Waals surface area contributed by atoms with E-state index in [9.17, 15) is 9.18 Å². The molecule has 0 atom stereocenters. The maximum atomic E-state index is 12.7. The van der Waals surface area contributed by atoms with E-state index in [0.717, 1.165) is 0 Å². The third kappa shape index (κ3) is 3.53. The quantitative estimate of drug-likeness (QED) is 0.781. The summed E-state index contributed by atoms with van der Waals surface area (Å²) in [5, 5.41) is 2.83. The zero-order chi connectivity index (χ0) is 12.3. The second-order valence-corrected chi connectivity index (χ2v) is 4.72. The highest BCUT2D eigenvalue weighted by Crippen LogP contribution is 2.13. The molecule has 0 radical (unpaired) electrons. The standard InChI is InChI=1S/C12H17FN2O/c1-12(2,3)14-11(16)15(4)10-7-5-9(13)6-8-10/h5-8H,1-4H3,(H,14,16). The Morgan fingerprint density at radius 3 is 2.19 bits per heavy atom. The Balaban J connectivity index is 2.74. The molecule has 0 saturated heterocycles. The van der Waals surface area contributed by atoms with Gasteiger partial charge in [-0.05, 0) is 45.0 Å². The van der Waals surface area contributed by atoms with E-state index in [1.54, 1.807) is 19.2 Å². The monoisotopic (exact) mass is 224 g/mol. The molecule has 88 valence electrons. The van der Waals surface area contributed by atoms with Gasteiger partial charge in [-0.1, -0.05) is 0 Å². The van der Waals surface area contributed by atoms with Crippen molar-refractivity contribution in [2.75, 3.05) is 11.9 Å². The number of carbonyl (C=O) groups is 1. The summed E-state index contributed by atoms with van der Waals surface area (Å²) < 4.78 is 12.7. The molecule has 0 aliphatic heterocycles. The molecule has 16 heavy (non-hydrogen) atoms. The van der Waals surface area contributed by atoms with Crippen LogP contribution < -0.4 is 10.2 Å². The second kappa shape index (κ2) is 4.51. The third-order valence-corrected chi connectivity index (χ3v) is 2.00. The predicted molar refractivity (Wildman–Crippen MR) is 63.1 cm³/mol. The van der Waals surface area contributed by atoms with Crippen LogP contribution in [0.5, 0.6) is 0 Å². The minimum Gasteiger partial charge on any atom is -0.333 e. The van der Waals surface area contributed by atoms with Crippen molar-refractivity contribution in [2.24, 2.45) is 0 Å². The Kier molecular flexibility index (Phi) is 3.52. The molecule has 1 aromatic rings. The van der Waals surface area contributed by atoms with Crippen LogP contribution in [-0.2, 0) is 0 Å². The molecule has 1 rings (SSSR count). The second-order valence-electron chi connectivity index (χ2n) is 4.72. The fourth-order valence-electron chi connectivity index (χ4n) is 1.19. The molecule has 0 aliphatic rings. The molecule has 0 aromatic heterocycles. The van der Waals surface area contributed by atoms with Gasteiger partial charge < -0.3 is 5.32 Å². The predicted octanol–water partition coefficient (Wildman–Crippen LogP) is 2.77. The van der Waals surface area contributed by atoms with Crippen LogP contribution >= 0.6 is 0 Å². The van der Waals surface area contributed by atoms with E-state index in [1.807, 2.05) is 20.8 Å². The molecule has 0 bridgehead atoms. The van der Waals surface area contributed by atoms with Crippen molar-refractivity contribution < 1.29 is 9.18 Å². The van der Waals surface area contributed by atoms with Crippen molar-refractivity contribution in [2.45, 2.75) is 26.3 Å². The van der Waals surface area contributed by atoms with Crippen molar-refractivity contribution in [1.82, 2.24) is 5.32 Å². The number of urea groups is 1. The molecule has 0 fully saturated rings. The van der Waals surface area contributed by atoms with Crippen LogP contribution in [0.4, 0.5) is 14.9 Å². The summed E-state index contributed by atoms with van der Waals surface area (Å²) in [4.78, 5) is 13.2. The van der Waals surface area contributed by atoms with Crippen molar-refractivity contribution in [1.29, 1.82) is 0 Å². The Labute approximate surface area is 95.3 Å². The van der Waals surface area contributed by atoms with Gasteiger partial charge in [-0.25, -0.2) is 9.18 Å². The van der Waals surface area contributed by atoms with Gasteiger partial charge in [0.15, 0.2) is 0 Å². The molecular weight excluding hydrogens is 207 g/mol. The first-order chi connectivity index (χ1) is 7.29. The smallest absolute Gasteiger partial charge is 0.322 e. The van der Waals surface area contributed by atoms with Crippen LogP contribution in [-0.4, -0.2) is 18.6 Å². The van der Waals surface area contributed by atoms with E-state index < -0.39 is 0 Å². The van der Waals surface area contributed by atoms with E-state index in [2.05, 4.69) is 5.32 Å². The number of nitrogens with zero attached hydrogens (tertiary/aromatic N) is 1. The fraction of sp³-hybridized carbons (Fsp3) is 0.417. The van der Waals surface area contributed by atoms with Gasteiger partial charge in [-0.2, -0.15) is 0 Å². The number of hydrogen-bond donors (Lipinski definition) is 1. The van der Waals surface area contributed by atoms with Crippen LogP contribution in [0.25, 0.3) is 0 Å². The van der Waals surface area contributed by atoms with Crippen molar-refractivity contribution in [3.05, 3.63) is 30.1 Å². The highest BCUT2D eigenvalue weighted by atomic mass is 19.1. The fourth-order valence-corrected chi connectivity index (χ4v) is 1.19. The lowest BCUT2D eigenvalue weighted by atomic mass is 10.1. The highest BCUT2D eigenvalue weighted by Gasteiger charge is 2.17. The summed E-state index contributed by atoms with van der Waals surface area (Å²) >= 11 is 0. The minimum atomic E-state index is -0.312. The van der Waals surface area contributed by atoms with Crippen molar-refractivity contribution >= 4 is 11.7 Å². The Hall–Kier alpha value is -1.58. The number of carbonyl (C=O) groups excluding carboxylic acids is 1. The normalized spacial score (nSPS) is 11.1. The average Bonchev–Trinajstić information content (AvgIpc) is 2.15. The van der Waals surface area contributed by atoms with Crippen LogP contribution in [0.3, 0.4) is 0 Å². The van der Waals surface area contributed by atoms with Crippen molar-refractivity contribution in [3.8, 4) is 0 Å². The number of hydrogen-bond acceptors (Lipinski definition) is 1. The number of amides is 2. The van der Waals surface area contributed by atoms with Gasteiger partial charge in [0.25, 0.3) is 0 Å². The molecule has 0 saturated carbocycles. The lowest BCUT2D eigenvalue weighted by molar-refractivity contribution is 0.239. The van der Waals surface area contributed by atoms with Gasteiger partial charge in [-0.3, -0.25) is 4.90 Å². The zero-order valence-corrected chi connectivity index (χ0v) is 10.0. The summed E-state index contributed by atoms with van der Waals surface area (Å²) in [6, 6.07) is 5.58. The van der Waals surface area contributed by atoms with Gasteiger partial charge in [0.05, 0.1) is 0 Å². The number of nitrogens with one attached hydrogen (secondary N) is 1. The van der Waals surface area contributed by atoms with Crippen LogP contribution in [0.2, 0.25) is 0 Å². The molecular formula is C12H17FN2O. The van der Waals surface area contributed by atoms with Gasteiger partial charge in [0.2, 0.25) is 0 Å². The first-order valence-corrected chi connectivity index (χ1v) is 5.11. The maximum absolute atomic E-state index is 12.7. The molecule has 0 aliphatic carbocycles. The molecule has 1 N–H and O–H groups in total. The Morgan fingerprint density at radius 2 is 1.75 bits per heavy atom. The third-order valence-electron chi connectivity index (χ3n) is 2.00. The first kappa shape index (κ1) is 12.5. The van der Waals surface area contributed by atoms with E-state index >= 15 is 0 Å². The lowest BCUT2D eigenvalue weighted by Gasteiger charge is -2.25. The largest absolute Gasteiger partial charge is 0.333 e. The molecule has 1 aromatic carbocycles. The number of anilines is 1. The molecule has 2 amide bonds. The van der Waals surface area contributed by atoms with E-state index in [4.69, 9.17) is 0 Å². The van der Waals surface area contributed by atoms with E-state index in [1.165, 1.54) is 17.0 Å². The van der Waals surface area contributed by atoms with E-state index in [-0.39, 0.29) is 17.4 Å². The molecule has 3 nitrogen and oxygen atoms in total. The van der Waals surface area contributed by atoms with Crippen molar-refractivity contribution in [3.63, 3.8) is 0 Å². The van der Waals surface area contributed by atoms with Crippen LogP contribution in [0, 0.1) is 5.82 Å². The molecule has 0 spiro atoms. The molecule has 4 heteroatoms. The number of halogens is 1. The van der Waals surface area contributed by atoms with E-state index in [0.29, 0.717) is 5.69 Å². The molecule has 0 unspecified atom stereocenters. The average molecular weight is 224 g/mol. The zero-order valence-electron chi connectivity index (χ0n) is 10.0. The number of rotatable bonds is 1. The minimum absolute atomic E-state index is 0.209. The lowest BCUT2D eigenvalue weighted by Crippen LogP contribution is -2.47. The first-order valence-electron chi connectivity index (χ1n) is 5.11. The summed E-state index contributed by atoms with van der Waals surface area (Å²) in [7, 11) is 1.65.